The molecule has 0 heterocycles. The van der Waals surface area contributed by atoms with Gasteiger partial charge in [-0.05, 0) is 26.2 Å². The summed E-state index contributed by atoms with van der Waals surface area (Å²) < 4.78 is 0. The molecule has 0 fully saturated rings. The van der Waals surface area contributed by atoms with Gasteiger partial charge in [-0.3, -0.25) is 0 Å². The van der Waals surface area contributed by atoms with Crippen LogP contribution < -0.4 is 0 Å². The summed E-state index contributed by atoms with van der Waals surface area (Å²) >= 11 is 0. The third-order valence-electron chi connectivity index (χ3n) is 1.15. The van der Waals surface area contributed by atoms with Gasteiger partial charge in [0.1, 0.15) is 0 Å². The lowest BCUT2D eigenvalue weighted by molar-refractivity contribution is 0.767. The third kappa shape index (κ3) is 7.23. The maximum atomic E-state index is 8.15. The van der Waals surface area contributed by atoms with E-state index in [0.29, 0.717) is 6.42 Å². The highest BCUT2D eigenvalue weighted by Gasteiger charge is 1.82. The molecule has 0 aliphatic heterocycles. The molecule has 0 N–H and O–H groups in total. The maximum absolute atomic E-state index is 8.15. The first-order chi connectivity index (χ1) is 4.41. The molecule has 1 heteroatoms. The third-order valence-corrected chi connectivity index (χ3v) is 1.15. The monoisotopic (exact) mass is 123 g/mol. The van der Waals surface area contributed by atoms with Gasteiger partial charge in [-0.15, -0.1) is 0 Å². The Morgan fingerprint density at radius 2 is 2.22 bits per heavy atom. The van der Waals surface area contributed by atoms with Gasteiger partial charge in [0.15, 0.2) is 0 Å². The molecule has 0 aliphatic rings. The molecule has 0 atom stereocenters. The van der Waals surface area contributed by atoms with Crippen molar-refractivity contribution in [3.8, 4) is 6.07 Å². The average Bonchev–Trinajstić information content (AvgIpc) is 1.89. The van der Waals surface area contributed by atoms with Gasteiger partial charge in [-0.25, -0.2) is 0 Å². The molecule has 0 rings (SSSR count). The quantitative estimate of drug-likeness (QED) is 0.416. The van der Waals surface area contributed by atoms with Crippen LogP contribution in [0, 0.1) is 11.3 Å². The molecule has 0 aromatic heterocycles. The van der Waals surface area contributed by atoms with Crippen molar-refractivity contribution < 1.29 is 0 Å². The molecule has 9 heavy (non-hydrogen) atoms. The minimum absolute atomic E-state index is 0.706. The molecule has 0 saturated carbocycles. The Morgan fingerprint density at radius 1 is 1.44 bits per heavy atom. The summed E-state index contributed by atoms with van der Waals surface area (Å²) in [5.41, 5.74) is 0. The molecule has 0 aromatic carbocycles. The summed E-state index contributed by atoms with van der Waals surface area (Å²) in [5.74, 6) is 0. The van der Waals surface area contributed by atoms with Gasteiger partial charge in [0.2, 0.25) is 0 Å². The van der Waals surface area contributed by atoms with E-state index in [9.17, 15) is 0 Å². The van der Waals surface area contributed by atoms with E-state index in [1.165, 1.54) is 0 Å². The highest BCUT2D eigenvalue weighted by Crippen LogP contribution is 1.98. The van der Waals surface area contributed by atoms with Crippen LogP contribution >= 0.6 is 0 Å². The van der Waals surface area contributed by atoms with E-state index in [2.05, 4.69) is 12.1 Å². The van der Waals surface area contributed by atoms with E-state index in [1.807, 2.05) is 13.0 Å². The first-order valence-electron chi connectivity index (χ1n) is 3.40. The molecule has 0 amide bonds. The van der Waals surface area contributed by atoms with E-state index < -0.39 is 0 Å². The van der Waals surface area contributed by atoms with Crippen LogP contribution in [0.1, 0.15) is 32.6 Å². The van der Waals surface area contributed by atoms with Crippen molar-refractivity contribution in [3.63, 3.8) is 0 Å². The second kappa shape index (κ2) is 7.23. The van der Waals surface area contributed by atoms with Crippen LogP contribution in [0.5, 0.6) is 0 Å². The zero-order valence-corrected chi connectivity index (χ0v) is 5.93. The number of nitrogens with zero attached hydrogens (tertiary/aromatic N) is 1. The topological polar surface area (TPSA) is 23.8 Å². The SMILES string of the molecule is C/C=C\CCCCC#N. The minimum atomic E-state index is 0.706. The summed E-state index contributed by atoms with van der Waals surface area (Å²) in [4.78, 5) is 0. The largest absolute Gasteiger partial charge is 0.198 e. The van der Waals surface area contributed by atoms with Crippen molar-refractivity contribution in [3.05, 3.63) is 12.2 Å². The summed E-state index contributed by atoms with van der Waals surface area (Å²) in [5, 5.41) is 8.15. The number of hydrogen-bond acceptors (Lipinski definition) is 1. The van der Waals surface area contributed by atoms with Crippen LogP contribution in [0.3, 0.4) is 0 Å². The Kier molecular flexibility index (Phi) is 6.61. The molecular formula is C8H13N. The van der Waals surface area contributed by atoms with Gasteiger partial charge >= 0.3 is 0 Å². The van der Waals surface area contributed by atoms with Crippen LogP contribution in [0.4, 0.5) is 0 Å². The molecule has 0 saturated heterocycles. The summed E-state index contributed by atoms with van der Waals surface area (Å²) in [6.45, 7) is 2.02. The van der Waals surface area contributed by atoms with Gasteiger partial charge in [0.05, 0.1) is 6.07 Å². The van der Waals surface area contributed by atoms with Gasteiger partial charge in [-0.1, -0.05) is 12.2 Å². The van der Waals surface area contributed by atoms with Crippen LogP contribution in [0.25, 0.3) is 0 Å². The first kappa shape index (κ1) is 8.23. The molecule has 0 aliphatic carbocycles. The number of rotatable bonds is 4. The normalized spacial score (nSPS) is 9.78. The predicted octanol–water partition coefficient (Wildman–Crippen LogP) is 2.65. The lowest BCUT2D eigenvalue weighted by Crippen LogP contribution is -1.70. The van der Waals surface area contributed by atoms with E-state index in [4.69, 9.17) is 5.26 Å². The Balaban J connectivity index is 2.85. The van der Waals surface area contributed by atoms with Gasteiger partial charge in [-0.2, -0.15) is 5.26 Å². The molecule has 0 spiro atoms. The number of allylic oxidation sites excluding steroid dienone is 2. The number of hydrogen-bond donors (Lipinski definition) is 0. The molecule has 1 nitrogen and oxygen atoms in total. The molecule has 0 aromatic rings. The Hall–Kier alpha value is -0.770. The Labute approximate surface area is 57.0 Å². The molecule has 50 valence electrons. The van der Waals surface area contributed by atoms with Crippen LogP contribution in [0.15, 0.2) is 12.2 Å². The Bertz CT molecular complexity index is 108. The van der Waals surface area contributed by atoms with Crippen molar-refractivity contribution in [1.82, 2.24) is 0 Å². The van der Waals surface area contributed by atoms with Crippen molar-refractivity contribution in [2.45, 2.75) is 32.6 Å². The standard InChI is InChI=1S/C8H13N/c1-2-3-4-5-6-7-8-9/h2-3H,4-7H2,1H3/b3-2-. The van der Waals surface area contributed by atoms with Gasteiger partial charge in [0, 0.05) is 6.42 Å². The summed E-state index contributed by atoms with van der Waals surface area (Å²) in [6, 6.07) is 2.12. The van der Waals surface area contributed by atoms with Crippen molar-refractivity contribution in [2.75, 3.05) is 0 Å². The van der Waals surface area contributed by atoms with Crippen molar-refractivity contribution >= 4 is 0 Å². The fourth-order valence-corrected chi connectivity index (χ4v) is 0.633. The fraction of sp³-hybridized carbons (Fsp3) is 0.625. The smallest absolute Gasteiger partial charge is 0.0621 e. The lowest BCUT2D eigenvalue weighted by atomic mass is 10.2. The highest BCUT2D eigenvalue weighted by molar-refractivity contribution is 4.77. The van der Waals surface area contributed by atoms with E-state index >= 15 is 0 Å². The first-order valence-corrected chi connectivity index (χ1v) is 3.40. The van der Waals surface area contributed by atoms with Crippen molar-refractivity contribution in [2.24, 2.45) is 0 Å². The lowest BCUT2D eigenvalue weighted by Gasteiger charge is -1.87. The second-order valence-electron chi connectivity index (χ2n) is 1.97. The van der Waals surface area contributed by atoms with E-state index in [1.54, 1.807) is 0 Å². The van der Waals surface area contributed by atoms with E-state index in [-0.39, 0.29) is 0 Å². The molecule has 0 unspecified atom stereocenters. The molecule has 0 radical (unpaired) electrons. The fourth-order valence-electron chi connectivity index (χ4n) is 0.633. The summed E-state index contributed by atoms with van der Waals surface area (Å²) in [7, 11) is 0. The average molecular weight is 123 g/mol. The molecular weight excluding hydrogens is 110 g/mol. The van der Waals surface area contributed by atoms with Gasteiger partial charge < -0.3 is 0 Å². The second-order valence-corrected chi connectivity index (χ2v) is 1.97. The van der Waals surface area contributed by atoms with E-state index in [0.717, 1.165) is 19.3 Å². The minimum Gasteiger partial charge on any atom is -0.198 e. The van der Waals surface area contributed by atoms with Crippen molar-refractivity contribution in [1.29, 1.82) is 5.26 Å². The maximum Gasteiger partial charge on any atom is 0.0621 e. The number of nitriles is 1. The zero-order valence-electron chi connectivity index (χ0n) is 5.93. The van der Waals surface area contributed by atoms with Crippen LogP contribution in [-0.2, 0) is 0 Å². The molecule has 0 bridgehead atoms. The number of unbranched alkanes of at least 4 members (excludes halogenated alkanes) is 3. The Morgan fingerprint density at radius 3 is 2.78 bits per heavy atom. The summed E-state index contributed by atoms with van der Waals surface area (Å²) in [6.07, 6.45) is 8.21. The van der Waals surface area contributed by atoms with Gasteiger partial charge in [0.25, 0.3) is 0 Å². The highest BCUT2D eigenvalue weighted by atomic mass is 14.2. The van der Waals surface area contributed by atoms with Crippen LogP contribution in [0.2, 0.25) is 0 Å². The predicted molar refractivity (Wildman–Crippen MR) is 38.9 cm³/mol. The zero-order chi connectivity index (χ0) is 6.95. The van der Waals surface area contributed by atoms with Crippen LogP contribution in [-0.4, -0.2) is 0 Å².